The van der Waals surface area contributed by atoms with Gasteiger partial charge in [0.1, 0.15) is 0 Å². The number of hydrogen-bond donors (Lipinski definition) is 1. The lowest BCUT2D eigenvalue weighted by Crippen LogP contribution is -2.30. The molecule has 0 aliphatic carbocycles. The summed E-state index contributed by atoms with van der Waals surface area (Å²) in [5, 5.41) is 8.88. The maximum Gasteiger partial charge on any atom is 0.265 e. The molecule has 0 radical (unpaired) electrons. The molecule has 0 unspecified atom stereocenters. The van der Waals surface area contributed by atoms with Crippen molar-refractivity contribution in [3.63, 3.8) is 0 Å². The maximum absolute atomic E-state index is 12.3. The van der Waals surface area contributed by atoms with Gasteiger partial charge in [0.25, 0.3) is 15.9 Å². The number of carbonyl (C=O) groups excluding carboxylic acids is 1. The molecular formula is C17H15ClN2O5S. The summed E-state index contributed by atoms with van der Waals surface area (Å²) in [4.78, 5) is 12.2. The number of hydrogen-bond acceptors (Lipinski definition) is 6. The summed E-state index contributed by atoms with van der Waals surface area (Å²) >= 11 is 6.09. The maximum atomic E-state index is 12.3. The molecule has 1 amide bonds. The van der Waals surface area contributed by atoms with Crippen molar-refractivity contribution in [3.8, 4) is 17.6 Å². The van der Waals surface area contributed by atoms with Gasteiger partial charge in [-0.2, -0.15) is 5.26 Å². The molecule has 0 bridgehead atoms. The van der Waals surface area contributed by atoms with E-state index in [2.05, 4.69) is 0 Å². The fourth-order valence-corrected chi connectivity index (χ4v) is 3.32. The number of nitriles is 1. The molecule has 0 aliphatic rings. The standard InChI is InChI=1S/C17H15ClN2O5S/c1-3-25-16-14(18)8-12(9-15(16)24-2)17(21)20-26(22,23)13-6-4-11(10-19)5-7-13/h4-9H,3H2,1-2H3,(H,20,21). The molecule has 0 spiro atoms. The highest BCUT2D eigenvalue weighted by Crippen LogP contribution is 2.36. The third-order valence-electron chi connectivity index (χ3n) is 3.30. The van der Waals surface area contributed by atoms with Crippen LogP contribution in [-0.2, 0) is 10.0 Å². The van der Waals surface area contributed by atoms with Gasteiger partial charge in [0.05, 0.1) is 35.3 Å². The summed E-state index contributed by atoms with van der Waals surface area (Å²) in [6.07, 6.45) is 0. The molecule has 0 aliphatic heterocycles. The first-order valence-electron chi connectivity index (χ1n) is 7.40. The van der Waals surface area contributed by atoms with E-state index in [0.717, 1.165) is 0 Å². The molecule has 0 atom stereocenters. The summed E-state index contributed by atoms with van der Waals surface area (Å²) in [7, 11) is -2.73. The Kier molecular flexibility index (Phi) is 6.08. The Morgan fingerprint density at radius 1 is 1.27 bits per heavy atom. The van der Waals surface area contributed by atoms with Crippen molar-refractivity contribution in [2.24, 2.45) is 0 Å². The average Bonchev–Trinajstić information content (AvgIpc) is 2.62. The van der Waals surface area contributed by atoms with Crippen LogP contribution >= 0.6 is 11.6 Å². The van der Waals surface area contributed by atoms with Gasteiger partial charge in [0.15, 0.2) is 11.5 Å². The number of sulfonamides is 1. The number of carbonyl (C=O) groups is 1. The van der Waals surface area contributed by atoms with Gasteiger partial charge in [-0.3, -0.25) is 4.79 Å². The lowest BCUT2D eigenvalue weighted by molar-refractivity contribution is 0.0981. The zero-order valence-electron chi connectivity index (χ0n) is 13.9. The van der Waals surface area contributed by atoms with Crippen LogP contribution in [0, 0.1) is 11.3 Å². The average molecular weight is 395 g/mol. The van der Waals surface area contributed by atoms with Gasteiger partial charge in [0.2, 0.25) is 0 Å². The number of methoxy groups -OCH3 is 1. The van der Waals surface area contributed by atoms with E-state index >= 15 is 0 Å². The van der Waals surface area contributed by atoms with Crippen LogP contribution in [0.25, 0.3) is 0 Å². The van der Waals surface area contributed by atoms with Crippen molar-refractivity contribution in [3.05, 3.63) is 52.5 Å². The van der Waals surface area contributed by atoms with Crippen LogP contribution in [0.15, 0.2) is 41.3 Å². The molecular weight excluding hydrogens is 380 g/mol. The van der Waals surface area contributed by atoms with Crippen molar-refractivity contribution in [2.45, 2.75) is 11.8 Å². The van der Waals surface area contributed by atoms with Crippen LogP contribution in [0.5, 0.6) is 11.5 Å². The quantitative estimate of drug-likeness (QED) is 0.807. The van der Waals surface area contributed by atoms with E-state index < -0.39 is 15.9 Å². The van der Waals surface area contributed by atoms with Crippen molar-refractivity contribution < 1.29 is 22.7 Å². The third kappa shape index (κ3) is 4.25. The first kappa shape index (κ1) is 19.6. The summed E-state index contributed by atoms with van der Waals surface area (Å²) in [6, 6.07) is 9.67. The first-order chi connectivity index (χ1) is 12.3. The van der Waals surface area contributed by atoms with Crippen LogP contribution in [0.3, 0.4) is 0 Å². The number of halogens is 1. The largest absolute Gasteiger partial charge is 0.493 e. The Morgan fingerprint density at radius 2 is 1.92 bits per heavy atom. The summed E-state index contributed by atoms with van der Waals surface area (Å²) in [6.45, 7) is 2.11. The van der Waals surface area contributed by atoms with Gasteiger partial charge in [0, 0.05) is 5.56 Å². The van der Waals surface area contributed by atoms with E-state index in [0.29, 0.717) is 12.2 Å². The molecule has 0 heterocycles. The summed E-state index contributed by atoms with van der Waals surface area (Å²) < 4.78 is 37.1. The second kappa shape index (κ2) is 8.08. The smallest absolute Gasteiger partial charge is 0.265 e. The van der Waals surface area contributed by atoms with Crippen molar-refractivity contribution in [1.82, 2.24) is 4.72 Å². The fraction of sp³-hybridized carbons (Fsp3) is 0.176. The molecule has 2 aromatic carbocycles. The SMILES string of the molecule is CCOc1c(Cl)cc(C(=O)NS(=O)(=O)c2ccc(C#N)cc2)cc1OC. The molecule has 0 saturated carbocycles. The minimum Gasteiger partial charge on any atom is -0.493 e. The topological polar surface area (TPSA) is 105 Å². The lowest BCUT2D eigenvalue weighted by atomic mass is 10.2. The number of nitrogens with zero attached hydrogens (tertiary/aromatic N) is 1. The predicted octanol–water partition coefficient (Wildman–Crippen LogP) is 2.74. The monoisotopic (exact) mass is 394 g/mol. The Balaban J connectivity index is 2.31. The molecule has 0 saturated heterocycles. The normalized spacial score (nSPS) is 10.7. The van der Waals surface area contributed by atoms with Crippen LogP contribution in [-0.4, -0.2) is 28.0 Å². The molecule has 26 heavy (non-hydrogen) atoms. The Bertz CT molecular complexity index is 966. The molecule has 1 N–H and O–H groups in total. The highest BCUT2D eigenvalue weighted by atomic mass is 35.5. The van der Waals surface area contributed by atoms with E-state index in [1.54, 1.807) is 6.92 Å². The van der Waals surface area contributed by atoms with E-state index in [9.17, 15) is 13.2 Å². The fourth-order valence-electron chi connectivity index (χ4n) is 2.08. The van der Waals surface area contributed by atoms with Crippen molar-refractivity contribution in [2.75, 3.05) is 13.7 Å². The summed E-state index contributed by atoms with van der Waals surface area (Å²) in [5.41, 5.74) is 0.297. The molecule has 0 aromatic heterocycles. The first-order valence-corrected chi connectivity index (χ1v) is 9.26. The number of benzene rings is 2. The highest BCUT2D eigenvalue weighted by molar-refractivity contribution is 7.90. The Morgan fingerprint density at radius 3 is 2.46 bits per heavy atom. The number of ether oxygens (including phenoxy) is 2. The van der Waals surface area contributed by atoms with Gasteiger partial charge in [-0.15, -0.1) is 0 Å². The van der Waals surface area contributed by atoms with Crippen LogP contribution in [0.1, 0.15) is 22.8 Å². The zero-order chi connectivity index (χ0) is 19.3. The second-order valence-electron chi connectivity index (χ2n) is 4.99. The highest BCUT2D eigenvalue weighted by Gasteiger charge is 2.21. The minimum absolute atomic E-state index is 0.00692. The zero-order valence-corrected chi connectivity index (χ0v) is 15.5. The van der Waals surface area contributed by atoms with Gasteiger partial charge in [-0.1, -0.05) is 11.6 Å². The van der Waals surface area contributed by atoms with Gasteiger partial charge in [-0.05, 0) is 43.3 Å². The molecule has 2 aromatic rings. The number of nitrogens with one attached hydrogen (secondary N) is 1. The number of amides is 1. The minimum atomic E-state index is -4.11. The van der Waals surface area contributed by atoms with Gasteiger partial charge in [-0.25, -0.2) is 13.1 Å². The molecule has 7 nitrogen and oxygen atoms in total. The molecule has 9 heteroatoms. The molecule has 2 rings (SSSR count). The number of rotatable bonds is 6. The molecule has 136 valence electrons. The van der Waals surface area contributed by atoms with E-state index in [1.165, 1.54) is 43.5 Å². The van der Waals surface area contributed by atoms with Crippen molar-refractivity contribution >= 4 is 27.5 Å². The van der Waals surface area contributed by atoms with E-state index in [-0.39, 0.29) is 27.0 Å². The summed E-state index contributed by atoms with van der Waals surface area (Å²) in [5.74, 6) is -0.402. The van der Waals surface area contributed by atoms with Gasteiger partial charge >= 0.3 is 0 Å². The van der Waals surface area contributed by atoms with E-state index in [4.69, 9.17) is 26.3 Å². The predicted molar refractivity (Wildman–Crippen MR) is 95.0 cm³/mol. The second-order valence-corrected chi connectivity index (χ2v) is 7.08. The van der Waals surface area contributed by atoms with Crippen molar-refractivity contribution in [1.29, 1.82) is 5.26 Å². The van der Waals surface area contributed by atoms with Gasteiger partial charge < -0.3 is 9.47 Å². The lowest BCUT2D eigenvalue weighted by Gasteiger charge is -2.13. The third-order valence-corrected chi connectivity index (χ3v) is 4.93. The van der Waals surface area contributed by atoms with Crippen LogP contribution < -0.4 is 14.2 Å². The Labute approximate surface area is 156 Å². The van der Waals surface area contributed by atoms with Crippen LogP contribution in [0.2, 0.25) is 5.02 Å². The van der Waals surface area contributed by atoms with E-state index in [1.807, 2.05) is 10.8 Å². The molecule has 0 fully saturated rings. The van der Waals surface area contributed by atoms with Crippen LogP contribution in [0.4, 0.5) is 0 Å². The Hall–Kier alpha value is -2.76.